The van der Waals surface area contributed by atoms with E-state index in [1.54, 1.807) is 10.7 Å². The van der Waals surface area contributed by atoms with Crippen LogP contribution in [-0.4, -0.2) is 25.7 Å². The van der Waals surface area contributed by atoms with Gasteiger partial charge in [-0.25, -0.2) is 4.98 Å². The molecule has 1 aromatic carbocycles. The van der Waals surface area contributed by atoms with Crippen molar-refractivity contribution in [1.29, 1.82) is 0 Å². The molecule has 3 aromatic heterocycles. The number of aromatic nitrogens is 4. The first kappa shape index (κ1) is 16.8. The minimum Gasteiger partial charge on any atom is -0.322 e. The largest absolute Gasteiger partial charge is 0.322 e. The number of carbonyl (C=O) groups excluding carboxylic acids is 1. The molecule has 4 aromatic rings. The van der Waals surface area contributed by atoms with Crippen molar-refractivity contribution in [3.8, 4) is 5.95 Å². The number of aromatic amines is 1. The van der Waals surface area contributed by atoms with Crippen LogP contribution in [0, 0.1) is 6.92 Å². The molecule has 6 nitrogen and oxygen atoms in total. The molecule has 27 heavy (non-hydrogen) atoms. The molecule has 1 amide bonds. The molecule has 0 saturated carbocycles. The van der Waals surface area contributed by atoms with Gasteiger partial charge >= 0.3 is 0 Å². The molecule has 0 bridgehead atoms. The van der Waals surface area contributed by atoms with Crippen LogP contribution < -0.4 is 5.32 Å². The molecule has 0 fully saturated rings. The molecule has 1 aliphatic heterocycles. The van der Waals surface area contributed by atoms with Crippen molar-refractivity contribution < 1.29 is 4.79 Å². The van der Waals surface area contributed by atoms with E-state index in [1.807, 2.05) is 31.2 Å². The third kappa shape index (κ3) is 2.65. The first-order chi connectivity index (χ1) is 13.0. The van der Waals surface area contributed by atoms with Gasteiger partial charge in [-0.15, -0.1) is 11.3 Å². The topological polar surface area (TPSA) is 75.6 Å². The van der Waals surface area contributed by atoms with Crippen LogP contribution in [-0.2, 0) is 4.79 Å². The van der Waals surface area contributed by atoms with Crippen LogP contribution in [0.3, 0.4) is 0 Å². The summed E-state index contributed by atoms with van der Waals surface area (Å²) in [5.41, 5.74) is 3.49. The number of H-pyrrole nitrogens is 1. The van der Waals surface area contributed by atoms with Crippen LogP contribution in [0.15, 0.2) is 30.3 Å². The quantitative estimate of drug-likeness (QED) is 0.486. The Kier molecular flexibility index (Phi) is 3.79. The Morgan fingerprint density at radius 1 is 1.30 bits per heavy atom. The first-order valence-electron chi connectivity index (χ1n) is 8.30. The number of imidazole rings is 1. The molecule has 1 unspecified atom stereocenters. The molecule has 0 aliphatic carbocycles. The molecule has 4 heterocycles. The van der Waals surface area contributed by atoms with Gasteiger partial charge < -0.3 is 10.3 Å². The maximum Gasteiger partial charge on any atom is 0.231 e. The third-order valence-corrected chi connectivity index (χ3v) is 6.48. The van der Waals surface area contributed by atoms with E-state index in [0.29, 0.717) is 27.5 Å². The number of para-hydroxylation sites is 2. The fourth-order valence-electron chi connectivity index (χ4n) is 3.56. The fraction of sp³-hybridized carbons (Fsp3) is 0.167. The maximum atomic E-state index is 12.4. The number of rotatable bonds is 2. The van der Waals surface area contributed by atoms with Crippen molar-refractivity contribution in [2.24, 2.45) is 0 Å². The second-order valence-electron chi connectivity index (χ2n) is 6.40. The van der Waals surface area contributed by atoms with Crippen molar-refractivity contribution >= 4 is 57.3 Å². The van der Waals surface area contributed by atoms with Crippen LogP contribution in [0.5, 0.6) is 0 Å². The number of amides is 1. The van der Waals surface area contributed by atoms with Crippen LogP contribution in [0.25, 0.3) is 17.0 Å². The average Bonchev–Trinajstić information content (AvgIpc) is 3.29. The summed E-state index contributed by atoms with van der Waals surface area (Å²) < 4.78 is 2.25. The number of benzene rings is 1. The lowest BCUT2D eigenvalue weighted by Crippen LogP contribution is -2.24. The highest BCUT2D eigenvalue weighted by atomic mass is 35.5. The van der Waals surface area contributed by atoms with Gasteiger partial charge in [-0.1, -0.05) is 35.3 Å². The molecule has 9 heteroatoms. The Morgan fingerprint density at radius 3 is 2.85 bits per heavy atom. The van der Waals surface area contributed by atoms with Crippen molar-refractivity contribution in [2.45, 2.75) is 19.3 Å². The Morgan fingerprint density at radius 2 is 2.11 bits per heavy atom. The summed E-state index contributed by atoms with van der Waals surface area (Å²) in [4.78, 5) is 21.2. The monoisotopic (exact) mass is 417 g/mol. The summed E-state index contributed by atoms with van der Waals surface area (Å²) in [7, 11) is 0. The summed E-state index contributed by atoms with van der Waals surface area (Å²) in [6.45, 7) is 1.92. The number of fused-ring (bicyclic) bond motifs is 2. The van der Waals surface area contributed by atoms with E-state index < -0.39 is 0 Å². The van der Waals surface area contributed by atoms with E-state index in [2.05, 4.69) is 20.4 Å². The summed E-state index contributed by atoms with van der Waals surface area (Å²) in [6.07, 6.45) is 0.302. The summed E-state index contributed by atoms with van der Waals surface area (Å²) in [6, 6.07) is 9.45. The second-order valence-corrected chi connectivity index (χ2v) is 8.53. The lowest BCUT2D eigenvalue weighted by molar-refractivity contribution is -0.116. The van der Waals surface area contributed by atoms with Crippen molar-refractivity contribution in [2.75, 3.05) is 5.32 Å². The Labute approximate surface area is 168 Å². The van der Waals surface area contributed by atoms with Gasteiger partial charge in [0, 0.05) is 22.8 Å². The molecular formula is C18H13Cl2N5OS. The number of nitrogens with zero attached hydrogens (tertiary/aromatic N) is 3. The standard InChI is InChI=1S/C18H13Cl2N5OS/c1-8-15-9(16-10(19)7-13(20)27-16)6-14(26)23-17(15)25(24-8)18-21-11-4-2-3-5-12(11)22-18/h2-5,7,9H,6H2,1H3,(H,21,22)(H,23,26). The molecule has 0 saturated heterocycles. The van der Waals surface area contributed by atoms with Gasteiger partial charge in [-0.05, 0) is 25.1 Å². The fourth-order valence-corrected chi connectivity index (χ4v) is 5.28. The van der Waals surface area contributed by atoms with Crippen molar-refractivity contribution in [3.05, 3.63) is 55.8 Å². The number of nitrogens with one attached hydrogen (secondary N) is 2. The highest BCUT2D eigenvalue weighted by Crippen LogP contribution is 2.46. The van der Waals surface area contributed by atoms with E-state index in [0.717, 1.165) is 27.2 Å². The number of carbonyl (C=O) groups is 1. The van der Waals surface area contributed by atoms with Gasteiger partial charge in [0.25, 0.3) is 0 Å². The van der Waals surface area contributed by atoms with E-state index in [1.165, 1.54) is 11.3 Å². The smallest absolute Gasteiger partial charge is 0.231 e. The highest BCUT2D eigenvalue weighted by molar-refractivity contribution is 7.16. The lowest BCUT2D eigenvalue weighted by atomic mass is 9.91. The zero-order valence-electron chi connectivity index (χ0n) is 14.1. The van der Waals surface area contributed by atoms with E-state index in [9.17, 15) is 4.79 Å². The number of hydrogen-bond acceptors (Lipinski definition) is 4. The van der Waals surface area contributed by atoms with E-state index in [4.69, 9.17) is 23.2 Å². The predicted molar refractivity (Wildman–Crippen MR) is 107 cm³/mol. The van der Waals surface area contributed by atoms with E-state index in [-0.39, 0.29) is 11.8 Å². The van der Waals surface area contributed by atoms with Gasteiger partial charge in [0.2, 0.25) is 11.9 Å². The SMILES string of the molecule is Cc1nn(-c2nc3ccccc3[nH]2)c2c1C(c1sc(Cl)cc1Cl)CC(=O)N2. The molecule has 2 N–H and O–H groups in total. The number of hydrogen-bond donors (Lipinski definition) is 2. The van der Waals surface area contributed by atoms with Gasteiger partial charge in [0.05, 0.1) is 26.1 Å². The van der Waals surface area contributed by atoms with Crippen molar-refractivity contribution in [3.63, 3.8) is 0 Å². The number of halogens is 2. The van der Waals surface area contributed by atoms with Crippen LogP contribution >= 0.6 is 34.5 Å². The minimum atomic E-state index is -0.183. The summed E-state index contributed by atoms with van der Waals surface area (Å²) in [5.74, 6) is 0.896. The second kappa shape index (κ2) is 6.09. The van der Waals surface area contributed by atoms with Gasteiger partial charge in [-0.3, -0.25) is 4.79 Å². The molecule has 0 radical (unpaired) electrons. The Hall–Kier alpha value is -2.35. The van der Waals surface area contributed by atoms with Crippen LogP contribution in [0.4, 0.5) is 5.82 Å². The molecule has 5 rings (SSSR count). The zero-order chi connectivity index (χ0) is 18.7. The van der Waals surface area contributed by atoms with Crippen LogP contribution in [0.1, 0.15) is 28.5 Å². The highest BCUT2D eigenvalue weighted by Gasteiger charge is 2.35. The van der Waals surface area contributed by atoms with Crippen molar-refractivity contribution in [1.82, 2.24) is 19.7 Å². The van der Waals surface area contributed by atoms with Gasteiger partial charge in [0.1, 0.15) is 5.82 Å². The molecule has 0 spiro atoms. The Bertz CT molecular complexity index is 1180. The molecular weight excluding hydrogens is 405 g/mol. The third-order valence-electron chi connectivity index (χ3n) is 4.68. The molecule has 1 aliphatic rings. The average molecular weight is 418 g/mol. The van der Waals surface area contributed by atoms with Crippen LogP contribution in [0.2, 0.25) is 9.36 Å². The van der Waals surface area contributed by atoms with E-state index >= 15 is 0 Å². The Balaban J connectivity index is 1.70. The lowest BCUT2D eigenvalue weighted by Gasteiger charge is -2.23. The number of thiophene rings is 1. The minimum absolute atomic E-state index is 0.0923. The maximum absolute atomic E-state index is 12.4. The van der Waals surface area contributed by atoms with Gasteiger partial charge in [-0.2, -0.15) is 9.78 Å². The first-order valence-corrected chi connectivity index (χ1v) is 9.87. The molecule has 136 valence electrons. The molecule has 1 atom stereocenters. The predicted octanol–water partition coefficient (Wildman–Crippen LogP) is 4.90. The number of aryl methyl sites for hydroxylation is 1. The summed E-state index contributed by atoms with van der Waals surface area (Å²) in [5, 5.41) is 8.16. The zero-order valence-corrected chi connectivity index (χ0v) is 16.4. The summed E-state index contributed by atoms with van der Waals surface area (Å²) >= 11 is 13.9. The van der Waals surface area contributed by atoms with Gasteiger partial charge in [0.15, 0.2) is 0 Å². The normalized spacial score (nSPS) is 16.6. The number of anilines is 1.